The van der Waals surface area contributed by atoms with Gasteiger partial charge in [0.1, 0.15) is 0 Å². The Balaban J connectivity index is 3.15. The van der Waals surface area contributed by atoms with E-state index in [0.717, 1.165) is 0 Å². The minimum absolute atomic E-state index is 0.305. The molecule has 0 aromatic carbocycles. The van der Waals surface area contributed by atoms with E-state index < -0.39 is 4.83 Å². The number of aryl methyl sites for hydroxylation is 1. The molecule has 0 atom stereocenters. The van der Waals surface area contributed by atoms with Crippen molar-refractivity contribution >= 4 is 31.9 Å². The SMILES string of the molecule is Cc1[nH]nc(C(F)(F)Br)c1Br. The highest BCUT2D eigenvalue weighted by molar-refractivity contribution is 9.11. The number of aromatic amines is 1. The van der Waals surface area contributed by atoms with Crippen LogP contribution in [-0.4, -0.2) is 10.2 Å². The summed E-state index contributed by atoms with van der Waals surface area (Å²) >= 11 is 5.19. The van der Waals surface area contributed by atoms with Gasteiger partial charge < -0.3 is 0 Å². The molecule has 1 aromatic heterocycles. The second-order valence-corrected chi connectivity index (χ2v) is 3.80. The third kappa shape index (κ3) is 1.79. The lowest BCUT2D eigenvalue weighted by Crippen LogP contribution is -2.03. The number of rotatable bonds is 1. The van der Waals surface area contributed by atoms with Crippen molar-refractivity contribution in [3.8, 4) is 0 Å². The van der Waals surface area contributed by atoms with Crippen molar-refractivity contribution < 1.29 is 8.78 Å². The van der Waals surface area contributed by atoms with Crippen LogP contribution in [0.15, 0.2) is 4.47 Å². The monoisotopic (exact) mass is 288 g/mol. The maximum Gasteiger partial charge on any atom is 0.346 e. The number of halogens is 4. The van der Waals surface area contributed by atoms with E-state index in [1.165, 1.54) is 0 Å². The second kappa shape index (κ2) is 2.82. The molecule has 0 aliphatic carbocycles. The summed E-state index contributed by atoms with van der Waals surface area (Å²) < 4.78 is 25.4. The van der Waals surface area contributed by atoms with Gasteiger partial charge in [-0.2, -0.15) is 13.9 Å². The van der Waals surface area contributed by atoms with Gasteiger partial charge in [0.25, 0.3) is 0 Å². The first-order valence-corrected chi connectivity index (χ1v) is 4.29. The topological polar surface area (TPSA) is 28.7 Å². The lowest BCUT2D eigenvalue weighted by molar-refractivity contribution is 0.108. The number of nitrogens with one attached hydrogen (secondary N) is 1. The van der Waals surface area contributed by atoms with Crippen LogP contribution in [0, 0.1) is 6.92 Å². The Morgan fingerprint density at radius 2 is 2.09 bits per heavy atom. The van der Waals surface area contributed by atoms with E-state index in [0.29, 0.717) is 10.2 Å². The molecular weight excluding hydrogens is 286 g/mol. The molecule has 11 heavy (non-hydrogen) atoms. The van der Waals surface area contributed by atoms with E-state index in [4.69, 9.17) is 0 Å². The van der Waals surface area contributed by atoms with Gasteiger partial charge in [-0.25, -0.2) is 0 Å². The van der Waals surface area contributed by atoms with Crippen molar-refractivity contribution in [2.45, 2.75) is 11.8 Å². The third-order valence-corrected chi connectivity index (χ3v) is 2.49. The third-order valence-electron chi connectivity index (χ3n) is 1.14. The Labute approximate surface area is 78.6 Å². The molecule has 1 rings (SSSR count). The van der Waals surface area contributed by atoms with Crippen LogP contribution >= 0.6 is 31.9 Å². The van der Waals surface area contributed by atoms with Gasteiger partial charge in [0.2, 0.25) is 0 Å². The molecule has 0 unspecified atom stereocenters. The molecular formula is C5H4Br2F2N2. The molecule has 0 saturated carbocycles. The average molecular weight is 290 g/mol. The summed E-state index contributed by atoms with van der Waals surface area (Å²) in [4.78, 5) is -3.07. The summed E-state index contributed by atoms with van der Waals surface area (Å²) in [5.74, 6) is 0. The molecule has 62 valence electrons. The molecule has 1 aromatic rings. The van der Waals surface area contributed by atoms with Gasteiger partial charge in [-0.1, -0.05) is 0 Å². The van der Waals surface area contributed by atoms with Gasteiger partial charge in [0, 0.05) is 5.69 Å². The number of aromatic nitrogens is 2. The molecule has 0 saturated heterocycles. The molecule has 2 nitrogen and oxygen atoms in total. The molecule has 1 heterocycles. The van der Waals surface area contributed by atoms with E-state index in [1.807, 2.05) is 0 Å². The first-order chi connectivity index (χ1) is 4.93. The normalized spacial score (nSPS) is 12.1. The van der Waals surface area contributed by atoms with E-state index in [1.54, 1.807) is 6.92 Å². The highest BCUT2D eigenvalue weighted by atomic mass is 79.9. The summed E-state index contributed by atoms with van der Waals surface area (Å²) in [6.07, 6.45) is 0. The van der Waals surface area contributed by atoms with Crippen molar-refractivity contribution in [3.63, 3.8) is 0 Å². The number of hydrogen-bond acceptors (Lipinski definition) is 1. The first kappa shape index (κ1) is 9.12. The number of H-pyrrole nitrogens is 1. The lowest BCUT2D eigenvalue weighted by Gasteiger charge is -2.03. The Hall–Kier alpha value is 0.0300. The zero-order valence-electron chi connectivity index (χ0n) is 5.46. The van der Waals surface area contributed by atoms with Crippen molar-refractivity contribution in [2.24, 2.45) is 0 Å². The highest BCUT2D eigenvalue weighted by Crippen LogP contribution is 2.38. The van der Waals surface area contributed by atoms with Crippen LogP contribution < -0.4 is 0 Å². The highest BCUT2D eigenvalue weighted by Gasteiger charge is 2.33. The summed E-state index contributed by atoms with van der Waals surface area (Å²) in [5, 5.41) is 5.85. The van der Waals surface area contributed by atoms with E-state index in [2.05, 4.69) is 42.1 Å². The molecule has 0 amide bonds. The van der Waals surface area contributed by atoms with E-state index >= 15 is 0 Å². The second-order valence-electron chi connectivity index (χ2n) is 2.01. The van der Waals surface area contributed by atoms with E-state index in [-0.39, 0.29) is 5.69 Å². The van der Waals surface area contributed by atoms with Gasteiger partial charge in [-0.3, -0.25) is 5.10 Å². The van der Waals surface area contributed by atoms with E-state index in [9.17, 15) is 8.78 Å². The van der Waals surface area contributed by atoms with Crippen LogP contribution in [0.4, 0.5) is 8.78 Å². The minimum atomic E-state index is -3.07. The van der Waals surface area contributed by atoms with Gasteiger partial charge in [-0.05, 0) is 38.8 Å². The molecule has 0 aliphatic rings. The summed E-state index contributed by atoms with van der Waals surface area (Å²) in [6.45, 7) is 1.65. The fourth-order valence-corrected chi connectivity index (χ4v) is 1.58. The van der Waals surface area contributed by atoms with Gasteiger partial charge in [0.05, 0.1) is 4.47 Å². The van der Waals surface area contributed by atoms with Crippen LogP contribution in [0.1, 0.15) is 11.4 Å². The van der Waals surface area contributed by atoms with Crippen LogP contribution in [-0.2, 0) is 4.83 Å². The Bertz CT molecular complexity index is 266. The van der Waals surface area contributed by atoms with Crippen molar-refractivity contribution in [1.82, 2.24) is 10.2 Å². The number of hydrogen-bond donors (Lipinski definition) is 1. The van der Waals surface area contributed by atoms with Crippen molar-refractivity contribution in [2.75, 3.05) is 0 Å². The molecule has 0 spiro atoms. The van der Waals surface area contributed by atoms with Gasteiger partial charge in [-0.15, -0.1) is 0 Å². The Morgan fingerprint density at radius 1 is 1.55 bits per heavy atom. The standard InChI is InChI=1S/C5H4Br2F2N2/c1-2-3(6)4(11-10-2)5(7,8)9/h1H3,(H,10,11). The summed E-state index contributed by atoms with van der Waals surface area (Å²) in [5.41, 5.74) is 0.258. The maximum atomic E-state index is 12.5. The molecule has 0 bridgehead atoms. The van der Waals surface area contributed by atoms with Gasteiger partial charge >= 0.3 is 4.83 Å². The molecule has 0 fully saturated rings. The Kier molecular flexibility index (Phi) is 2.34. The first-order valence-electron chi connectivity index (χ1n) is 2.70. The smallest absolute Gasteiger partial charge is 0.281 e. The quantitative estimate of drug-likeness (QED) is 0.791. The van der Waals surface area contributed by atoms with Crippen LogP contribution in [0.3, 0.4) is 0 Å². The molecule has 0 radical (unpaired) electrons. The van der Waals surface area contributed by atoms with Crippen LogP contribution in [0.2, 0.25) is 0 Å². The van der Waals surface area contributed by atoms with Crippen LogP contribution in [0.5, 0.6) is 0 Å². The predicted octanol–water partition coefficient (Wildman–Crippen LogP) is 2.92. The Morgan fingerprint density at radius 3 is 2.27 bits per heavy atom. The maximum absolute atomic E-state index is 12.5. The summed E-state index contributed by atoms with van der Waals surface area (Å²) in [6, 6.07) is 0. The zero-order chi connectivity index (χ0) is 8.65. The zero-order valence-corrected chi connectivity index (χ0v) is 8.63. The predicted molar refractivity (Wildman–Crippen MR) is 43.8 cm³/mol. The van der Waals surface area contributed by atoms with Crippen molar-refractivity contribution in [1.29, 1.82) is 0 Å². The lowest BCUT2D eigenvalue weighted by atomic mass is 10.4. The van der Waals surface area contributed by atoms with Crippen LogP contribution in [0.25, 0.3) is 0 Å². The van der Waals surface area contributed by atoms with Gasteiger partial charge in [0.15, 0.2) is 5.69 Å². The minimum Gasteiger partial charge on any atom is -0.281 e. The largest absolute Gasteiger partial charge is 0.346 e. The average Bonchev–Trinajstić information content (AvgIpc) is 2.11. The molecule has 0 aliphatic heterocycles. The number of alkyl halides is 3. The fourth-order valence-electron chi connectivity index (χ4n) is 0.603. The fraction of sp³-hybridized carbons (Fsp3) is 0.400. The molecule has 1 N–H and O–H groups in total. The molecule has 6 heteroatoms. The van der Waals surface area contributed by atoms with Crippen molar-refractivity contribution in [3.05, 3.63) is 15.9 Å². The number of nitrogens with zero attached hydrogens (tertiary/aromatic N) is 1. The summed E-state index contributed by atoms with van der Waals surface area (Å²) in [7, 11) is 0.